The molecule has 0 fully saturated rings. The number of rotatable bonds is 5. The van der Waals surface area contributed by atoms with Crippen LogP contribution in [0.4, 0.5) is 0 Å². The van der Waals surface area contributed by atoms with E-state index in [9.17, 15) is 9.59 Å². The zero-order chi connectivity index (χ0) is 16.1. The predicted octanol–water partition coefficient (Wildman–Crippen LogP) is 2.39. The Hall–Kier alpha value is -2.82. The van der Waals surface area contributed by atoms with Gasteiger partial charge in [-0.3, -0.25) is 4.79 Å². The van der Waals surface area contributed by atoms with E-state index in [4.69, 9.17) is 15.2 Å². The molecule has 2 aromatic carbocycles. The van der Waals surface area contributed by atoms with Crippen molar-refractivity contribution in [2.45, 2.75) is 13.8 Å². The van der Waals surface area contributed by atoms with Gasteiger partial charge in [0.25, 0.3) is 0 Å². The standard InChI is InChI=1S/C17H17NO4/c1-11-3-6-15(9-12(11)2)21-10-16(19)22-14-7-4-13(5-8-14)17(18)20/h3-9H,10H2,1-2H3,(H2,18,20). The molecule has 0 aliphatic rings. The van der Waals surface area contributed by atoms with E-state index in [1.807, 2.05) is 26.0 Å². The maximum absolute atomic E-state index is 11.7. The monoisotopic (exact) mass is 299 g/mol. The maximum Gasteiger partial charge on any atom is 0.349 e. The first-order valence-corrected chi connectivity index (χ1v) is 6.76. The van der Waals surface area contributed by atoms with Gasteiger partial charge in [0.1, 0.15) is 11.5 Å². The van der Waals surface area contributed by atoms with Crippen LogP contribution < -0.4 is 15.2 Å². The van der Waals surface area contributed by atoms with E-state index in [1.165, 1.54) is 24.3 Å². The molecule has 2 N–H and O–H groups in total. The van der Waals surface area contributed by atoms with Gasteiger partial charge in [-0.2, -0.15) is 0 Å². The smallest absolute Gasteiger partial charge is 0.349 e. The molecule has 0 unspecified atom stereocenters. The fraction of sp³-hybridized carbons (Fsp3) is 0.176. The van der Waals surface area contributed by atoms with Crippen LogP contribution in [-0.4, -0.2) is 18.5 Å². The van der Waals surface area contributed by atoms with Gasteiger partial charge in [0.15, 0.2) is 6.61 Å². The van der Waals surface area contributed by atoms with Gasteiger partial charge in [0.2, 0.25) is 5.91 Å². The van der Waals surface area contributed by atoms with Crippen molar-refractivity contribution in [2.75, 3.05) is 6.61 Å². The predicted molar refractivity (Wildman–Crippen MR) is 82.0 cm³/mol. The van der Waals surface area contributed by atoms with Gasteiger partial charge in [-0.1, -0.05) is 6.07 Å². The number of carbonyl (C=O) groups excluding carboxylic acids is 2. The van der Waals surface area contributed by atoms with Crippen molar-refractivity contribution in [3.8, 4) is 11.5 Å². The van der Waals surface area contributed by atoms with Crippen LogP contribution in [0.15, 0.2) is 42.5 Å². The largest absolute Gasteiger partial charge is 0.482 e. The Labute approximate surface area is 128 Å². The maximum atomic E-state index is 11.7. The topological polar surface area (TPSA) is 78.6 Å². The highest BCUT2D eigenvalue weighted by molar-refractivity contribution is 5.92. The molecule has 2 aromatic rings. The van der Waals surface area contributed by atoms with Crippen molar-refractivity contribution in [1.82, 2.24) is 0 Å². The van der Waals surface area contributed by atoms with Crippen molar-refractivity contribution >= 4 is 11.9 Å². The number of primary amides is 1. The number of benzene rings is 2. The molecule has 5 heteroatoms. The van der Waals surface area contributed by atoms with Crippen LogP contribution in [0.25, 0.3) is 0 Å². The summed E-state index contributed by atoms with van der Waals surface area (Å²) in [4.78, 5) is 22.7. The molecule has 1 amide bonds. The zero-order valence-corrected chi connectivity index (χ0v) is 12.5. The zero-order valence-electron chi connectivity index (χ0n) is 12.5. The minimum absolute atomic E-state index is 0.194. The van der Waals surface area contributed by atoms with Crippen molar-refractivity contribution in [1.29, 1.82) is 0 Å². The molecular weight excluding hydrogens is 282 g/mol. The van der Waals surface area contributed by atoms with Gasteiger partial charge in [0, 0.05) is 5.56 Å². The first-order valence-electron chi connectivity index (χ1n) is 6.76. The van der Waals surface area contributed by atoms with Gasteiger partial charge in [-0.25, -0.2) is 4.79 Å². The molecule has 0 bridgehead atoms. The Balaban J connectivity index is 1.89. The summed E-state index contributed by atoms with van der Waals surface area (Å²) in [5.74, 6) is -0.108. The van der Waals surface area contributed by atoms with E-state index in [-0.39, 0.29) is 6.61 Å². The van der Waals surface area contributed by atoms with Gasteiger partial charge < -0.3 is 15.2 Å². The summed E-state index contributed by atoms with van der Waals surface area (Å²) in [6.07, 6.45) is 0. The van der Waals surface area contributed by atoms with Crippen molar-refractivity contribution in [3.63, 3.8) is 0 Å². The van der Waals surface area contributed by atoms with Gasteiger partial charge >= 0.3 is 5.97 Å². The van der Waals surface area contributed by atoms with E-state index in [2.05, 4.69) is 0 Å². The quantitative estimate of drug-likeness (QED) is 0.679. The molecular formula is C17H17NO4. The lowest BCUT2D eigenvalue weighted by Crippen LogP contribution is -2.18. The van der Waals surface area contributed by atoms with Crippen LogP contribution in [-0.2, 0) is 4.79 Å². The molecule has 0 atom stereocenters. The summed E-state index contributed by atoms with van der Waals surface area (Å²) in [6.45, 7) is 3.78. The molecule has 0 aliphatic heterocycles. The summed E-state index contributed by atoms with van der Waals surface area (Å²) < 4.78 is 10.5. The number of amides is 1. The summed E-state index contributed by atoms with van der Waals surface area (Å²) in [6, 6.07) is 11.6. The first kappa shape index (κ1) is 15.6. The summed E-state index contributed by atoms with van der Waals surface area (Å²) in [5.41, 5.74) is 7.73. The van der Waals surface area contributed by atoms with E-state index >= 15 is 0 Å². The number of esters is 1. The Bertz CT molecular complexity index is 692. The Kier molecular flexibility index (Phi) is 4.78. The highest BCUT2D eigenvalue weighted by Gasteiger charge is 2.08. The second kappa shape index (κ2) is 6.76. The molecule has 0 saturated heterocycles. The second-order valence-corrected chi connectivity index (χ2v) is 4.90. The van der Waals surface area contributed by atoms with Crippen LogP contribution in [0.1, 0.15) is 21.5 Å². The molecule has 5 nitrogen and oxygen atoms in total. The molecule has 0 saturated carbocycles. The van der Waals surface area contributed by atoms with Crippen molar-refractivity contribution < 1.29 is 19.1 Å². The minimum Gasteiger partial charge on any atom is -0.482 e. The van der Waals surface area contributed by atoms with Gasteiger partial charge in [-0.05, 0) is 61.4 Å². The Morgan fingerprint density at radius 2 is 1.59 bits per heavy atom. The van der Waals surface area contributed by atoms with Crippen LogP contribution in [0.2, 0.25) is 0 Å². The number of nitrogens with two attached hydrogens (primary N) is 1. The summed E-state index contributed by atoms with van der Waals surface area (Å²) in [7, 11) is 0. The highest BCUT2D eigenvalue weighted by Crippen LogP contribution is 2.17. The van der Waals surface area contributed by atoms with Crippen LogP contribution in [0.3, 0.4) is 0 Å². The van der Waals surface area contributed by atoms with E-state index < -0.39 is 11.9 Å². The minimum atomic E-state index is -0.532. The normalized spacial score (nSPS) is 10.1. The highest BCUT2D eigenvalue weighted by atomic mass is 16.6. The fourth-order valence-corrected chi connectivity index (χ4v) is 1.79. The fourth-order valence-electron chi connectivity index (χ4n) is 1.79. The molecule has 0 aromatic heterocycles. The number of hydrogen-bond donors (Lipinski definition) is 1. The third-order valence-electron chi connectivity index (χ3n) is 3.21. The number of carbonyl (C=O) groups is 2. The average Bonchev–Trinajstić information content (AvgIpc) is 2.49. The average molecular weight is 299 g/mol. The molecule has 0 spiro atoms. The van der Waals surface area contributed by atoms with E-state index in [0.717, 1.165) is 11.1 Å². The first-order chi connectivity index (χ1) is 10.5. The number of aryl methyl sites for hydroxylation is 2. The van der Waals surface area contributed by atoms with Crippen molar-refractivity contribution in [3.05, 3.63) is 59.2 Å². The molecule has 2 rings (SSSR count). The van der Waals surface area contributed by atoms with Gasteiger partial charge in [0.05, 0.1) is 0 Å². The van der Waals surface area contributed by atoms with Crippen LogP contribution in [0.5, 0.6) is 11.5 Å². The van der Waals surface area contributed by atoms with E-state index in [1.54, 1.807) is 6.07 Å². The van der Waals surface area contributed by atoms with Crippen LogP contribution in [0, 0.1) is 13.8 Å². The number of hydrogen-bond acceptors (Lipinski definition) is 4. The second-order valence-electron chi connectivity index (χ2n) is 4.90. The van der Waals surface area contributed by atoms with Crippen LogP contribution >= 0.6 is 0 Å². The third kappa shape index (κ3) is 4.09. The Morgan fingerprint density at radius 3 is 2.18 bits per heavy atom. The summed E-state index contributed by atoms with van der Waals surface area (Å²) in [5, 5.41) is 0. The molecule has 22 heavy (non-hydrogen) atoms. The third-order valence-corrected chi connectivity index (χ3v) is 3.21. The lowest BCUT2D eigenvalue weighted by Gasteiger charge is -2.08. The Morgan fingerprint density at radius 1 is 0.955 bits per heavy atom. The van der Waals surface area contributed by atoms with Crippen molar-refractivity contribution in [2.24, 2.45) is 5.73 Å². The van der Waals surface area contributed by atoms with E-state index in [0.29, 0.717) is 17.1 Å². The molecule has 0 radical (unpaired) electrons. The molecule has 0 heterocycles. The summed E-state index contributed by atoms with van der Waals surface area (Å²) >= 11 is 0. The molecule has 114 valence electrons. The van der Waals surface area contributed by atoms with Gasteiger partial charge in [-0.15, -0.1) is 0 Å². The lowest BCUT2D eigenvalue weighted by atomic mass is 10.1. The lowest BCUT2D eigenvalue weighted by molar-refractivity contribution is -0.136. The number of ether oxygens (including phenoxy) is 2. The SMILES string of the molecule is Cc1ccc(OCC(=O)Oc2ccc(C(N)=O)cc2)cc1C. The molecule has 0 aliphatic carbocycles.